The number of hydrogen-bond acceptors (Lipinski definition) is 3. The van der Waals surface area contributed by atoms with Crippen molar-refractivity contribution in [1.82, 2.24) is 9.55 Å². The SMILES string of the molecule is C=C(c1cccc(F)c1)c1ncc([N+](=O)[O-])n1CCC. The molecule has 0 amide bonds. The summed E-state index contributed by atoms with van der Waals surface area (Å²) in [6, 6.07) is 5.93. The van der Waals surface area contributed by atoms with Gasteiger partial charge in [0.15, 0.2) is 0 Å². The minimum Gasteiger partial charge on any atom is -0.358 e. The zero-order valence-electron chi connectivity index (χ0n) is 11.0. The molecule has 0 fully saturated rings. The molecule has 0 unspecified atom stereocenters. The van der Waals surface area contributed by atoms with Crippen molar-refractivity contribution < 1.29 is 9.31 Å². The van der Waals surface area contributed by atoms with Crippen LogP contribution in [0.25, 0.3) is 5.57 Å². The van der Waals surface area contributed by atoms with Crippen molar-refractivity contribution in [1.29, 1.82) is 0 Å². The summed E-state index contributed by atoms with van der Waals surface area (Å²) in [6.07, 6.45) is 1.93. The highest BCUT2D eigenvalue weighted by Gasteiger charge is 2.22. The molecular formula is C14H14FN3O2. The van der Waals surface area contributed by atoms with Gasteiger partial charge in [0.05, 0.1) is 6.54 Å². The van der Waals surface area contributed by atoms with E-state index in [0.717, 1.165) is 6.42 Å². The maximum Gasteiger partial charge on any atom is 0.343 e. The Bertz CT molecular complexity index is 664. The Labute approximate surface area is 115 Å². The first kappa shape index (κ1) is 13.9. The molecule has 0 aliphatic carbocycles. The van der Waals surface area contributed by atoms with Gasteiger partial charge in [0, 0.05) is 5.57 Å². The van der Waals surface area contributed by atoms with E-state index in [-0.39, 0.29) is 11.6 Å². The molecule has 6 heteroatoms. The third kappa shape index (κ3) is 2.59. The molecule has 1 heterocycles. The second-order valence-electron chi connectivity index (χ2n) is 4.34. The van der Waals surface area contributed by atoms with Gasteiger partial charge in [0.25, 0.3) is 0 Å². The Morgan fingerprint density at radius 2 is 2.30 bits per heavy atom. The summed E-state index contributed by atoms with van der Waals surface area (Å²) in [7, 11) is 0. The molecule has 0 radical (unpaired) electrons. The average molecular weight is 275 g/mol. The van der Waals surface area contributed by atoms with Crippen molar-refractivity contribution in [3.63, 3.8) is 0 Å². The van der Waals surface area contributed by atoms with Crippen molar-refractivity contribution in [2.75, 3.05) is 0 Å². The highest BCUT2D eigenvalue weighted by Crippen LogP contribution is 2.25. The summed E-state index contributed by atoms with van der Waals surface area (Å²) < 4.78 is 14.7. The largest absolute Gasteiger partial charge is 0.358 e. The normalized spacial score (nSPS) is 10.5. The van der Waals surface area contributed by atoms with Gasteiger partial charge in [-0.05, 0) is 29.0 Å². The number of imidazole rings is 1. The second-order valence-corrected chi connectivity index (χ2v) is 4.34. The minimum absolute atomic E-state index is 0.0839. The zero-order chi connectivity index (χ0) is 14.7. The van der Waals surface area contributed by atoms with Crippen molar-refractivity contribution in [3.05, 3.63) is 64.4 Å². The standard InChI is InChI=1S/C14H14FN3O2/c1-3-7-17-13(18(19)20)9-16-14(17)10(2)11-5-4-6-12(15)8-11/h4-6,8-9H,2-3,7H2,1H3. The number of aromatic nitrogens is 2. The predicted molar refractivity (Wildman–Crippen MR) is 73.7 cm³/mol. The van der Waals surface area contributed by atoms with Crippen LogP contribution in [0, 0.1) is 15.9 Å². The van der Waals surface area contributed by atoms with Gasteiger partial charge in [0.2, 0.25) is 5.82 Å². The van der Waals surface area contributed by atoms with E-state index in [1.807, 2.05) is 6.92 Å². The Kier molecular flexibility index (Phi) is 3.93. The number of hydrogen-bond donors (Lipinski definition) is 0. The smallest absolute Gasteiger partial charge is 0.343 e. The Balaban J connectivity index is 2.47. The first-order chi connectivity index (χ1) is 9.54. The van der Waals surface area contributed by atoms with E-state index in [2.05, 4.69) is 11.6 Å². The van der Waals surface area contributed by atoms with Gasteiger partial charge in [-0.25, -0.2) is 13.9 Å². The molecular weight excluding hydrogens is 261 g/mol. The highest BCUT2D eigenvalue weighted by molar-refractivity contribution is 5.75. The van der Waals surface area contributed by atoms with Crippen LogP contribution in [-0.4, -0.2) is 14.5 Å². The van der Waals surface area contributed by atoms with Crippen LogP contribution in [-0.2, 0) is 6.54 Å². The minimum atomic E-state index is -0.481. The average Bonchev–Trinajstić information content (AvgIpc) is 2.82. The molecule has 0 saturated carbocycles. The fraction of sp³-hybridized carbons (Fsp3) is 0.214. The molecule has 0 bridgehead atoms. The topological polar surface area (TPSA) is 61.0 Å². The van der Waals surface area contributed by atoms with Crippen LogP contribution < -0.4 is 0 Å². The van der Waals surface area contributed by atoms with Crippen molar-refractivity contribution in [3.8, 4) is 0 Å². The molecule has 5 nitrogen and oxygen atoms in total. The second kappa shape index (κ2) is 5.64. The third-order valence-electron chi connectivity index (χ3n) is 2.91. The summed E-state index contributed by atoms with van der Waals surface area (Å²) in [5.41, 5.74) is 1.02. The number of nitrogens with zero attached hydrogens (tertiary/aromatic N) is 3. The molecule has 0 aliphatic rings. The monoisotopic (exact) mass is 275 g/mol. The van der Waals surface area contributed by atoms with Crippen molar-refractivity contribution in [2.45, 2.75) is 19.9 Å². The van der Waals surface area contributed by atoms with Crippen molar-refractivity contribution in [2.24, 2.45) is 0 Å². The van der Waals surface area contributed by atoms with Crippen LogP contribution in [0.3, 0.4) is 0 Å². The maximum absolute atomic E-state index is 13.2. The third-order valence-corrected chi connectivity index (χ3v) is 2.91. The van der Waals surface area contributed by atoms with Crippen LogP contribution in [0.1, 0.15) is 24.7 Å². The van der Waals surface area contributed by atoms with E-state index < -0.39 is 4.92 Å². The molecule has 20 heavy (non-hydrogen) atoms. The fourth-order valence-electron chi connectivity index (χ4n) is 2.00. The summed E-state index contributed by atoms with van der Waals surface area (Å²) in [6.45, 7) is 6.25. The lowest BCUT2D eigenvalue weighted by Gasteiger charge is -2.06. The zero-order valence-corrected chi connectivity index (χ0v) is 11.0. The Morgan fingerprint density at radius 3 is 2.90 bits per heavy atom. The Morgan fingerprint density at radius 1 is 1.55 bits per heavy atom. The number of rotatable bonds is 5. The molecule has 0 spiro atoms. The molecule has 104 valence electrons. The van der Waals surface area contributed by atoms with Gasteiger partial charge in [-0.1, -0.05) is 25.6 Å². The van der Waals surface area contributed by atoms with Crippen LogP contribution in [0.4, 0.5) is 10.2 Å². The molecule has 2 rings (SSSR count). The summed E-state index contributed by atoms with van der Waals surface area (Å²) in [5, 5.41) is 11.0. The molecule has 0 N–H and O–H groups in total. The van der Waals surface area contributed by atoms with Gasteiger partial charge >= 0.3 is 5.82 Å². The van der Waals surface area contributed by atoms with E-state index in [4.69, 9.17) is 0 Å². The van der Waals surface area contributed by atoms with Gasteiger partial charge in [-0.3, -0.25) is 0 Å². The summed E-state index contributed by atoms with van der Waals surface area (Å²) in [5.74, 6) is -0.0738. The molecule has 1 aromatic heterocycles. The van der Waals surface area contributed by atoms with E-state index in [0.29, 0.717) is 23.5 Å². The number of benzene rings is 1. The van der Waals surface area contributed by atoms with Crippen LogP contribution in [0.2, 0.25) is 0 Å². The molecule has 0 saturated heterocycles. The van der Waals surface area contributed by atoms with Gasteiger partial charge < -0.3 is 10.1 Å². The molecule has 0 aliphatic heterocycles. The van der Waals surface area contributed by atoms with Gasteiger partial charge in [-0.2, -0.15) is 0 Å². The molecule has 0 atom stereocenters. The highest BCUT2D eigenvalue weighted by atomic mass is 19.1. The van der Waals surface area contributed by atoms with E-state index in [9.17, 15) is 14.5 Å². The lowest BCUT2D eigenvalue weighted by atomic mass is 10.1. The van der Waals surface area contributed by atoms with Gasteiger partial charge in [-0.15, -0.1) is 0 Å². The maximum atomic E-state index is 13.2. The predicted octanol–water partition coefficient (Wildman–Crippen LogP) is 3.40. The number of halogens is 1. The Hall–Kier alpha value is -2.50. The summed E-state index contributed by atoms with van der Waals surface area (Å²) in [4.78, 5) is 14.6. The molecule has 1 aromatic carbocycles. The van der Waals surface area contributed by atoms with Crippen LogP contribution in [0.15, 0.2) is 37.0 Å². The van der Waals surface area contributed by atoms with E-state index in [1.54, 1.807) is 12.1 Å². The lowest BCUT2D eigenvalue weighted by Crippen LogP contribution is -2.07. The lowest BCUT2D eigenvalue weighted by molar-refractivity contribution is -0.392. The van der Waals surface area contributed by atoms with E-state index >= 15 is 0 Å². The summed E-state index contributed by atoms with van der Waals surface area (Å²) >= 11 is 0. The van der Waals surface area contributed by atoms with E-state index in [1.165, 1.54) is 22.9 Å². The van der Waals surface area contributed by atoms with Crippen molar-refractivity contribution >= 4 is 11.4 Å². The van der Waals surface area contributed by atoms with Crippen LogP contribution >= 0.6 is 0 Å². The fourth-order valence-corrected chi connectivity index (χ4v) is 2.00. The van der Waals surface area contributed by atoms with Gasteiger partial charge in [0.1, 0.15) is 12.0 Å². The first-order valence-corrected chi connectivity index (χ1v) is 6.19. The first-order valence-electron chi connectivity index (χ1n) is 6.19. The quantitative estimate of drug-likeness (QED) is 0.620. The number of nitro groups is 1. The van der Waals surface area contributed by atoms with Crippen LogP contribution in [0.5, 0.6) is 0 Å². The molecule has 2 aromatic rings.